The summed E-state index contributed by atoms with van der Waals surface area (Å²) in [5.74, 6) is -0.119. The van der Waals surface area contributed by atoms with Crippen LogP contribution in [0.5, 0.6) is 0 Å². The quantitative estimate of drug-likeness (QED) is 0.526. The molecule has 1 atom stereocenters. The molecule has 0 aromatic carbocycles. The second-order valence-corrected chi connectivity index (χ2v) is 6.92. The fourth-order valence-corrected chi connectivity index (χ4v) is 3.30. The highest BCUT2D eigenvalue weighted by Gasteiger charge is 2.35. The van der Waals surface area contributed by atoms with Gasteiger partial charge in [0.1, 0.15) is 5.56 Å². The van der Waals surface area contributed by atoms with E-state index in [-0.39, 0.29) is 34.5 Å². The summed E-state index contributed by atoms with van der Waals surface area (Å²) in [7, 11) is 0. The van der Waals surface area contributed by atoms with E-state index in [2.05, 4.69) is 12.1 Å². The van der Waals surface area contributed by atoms with E-state index in [4.69, 9.17) is 4.52 Å². The fraction of sp³-hybridized carbons (Fsp3) is 0.529. The molecule has 5 nitrogen and oxygen atoms in total. The summed E-state index contributed by atoms with van der Waals surface area (Å²) in [5.41, 5.74) is 0.0464. The average molecular weight is 335 g/mol. The van der Waals surface area contributed by atoms with Crippen molar-refractivity contribution >= 4 is 29.1 Å². The van der Waals surface area contributed by atoms with Gasteiger partial charge in [-0.1, -0.05) is 38.8 Å². The lowest BCUT2D eigenvalue weighted by atomic mass is 9.94. The van der Waals surface area contributed by atoms with Crippen LogP contribution in [-0.4, -0.2) is 28.3 Å². The number of rotatable bonds is 8. The van der Waals surface area contributed by atoms with Gasteiger partial charge in [0, 0.05) is 12.5 Å². The Hall–Kier alpha value is -1.69. The van der Waals surface area contributed by atoms with Crippen LogP contribution in [-0.2, 0) is 0 Å². The van der Waals surface area contributed by atoms with Crippen LogP contribution < -0.4 is 0 Å². The maximum Gasteiger partial charge on any atom is 0.225 e. The summed E-state index contributed by atoms with van der Waals surface area (Å²) in [5, 5.41) is 3.71. The molecule has 0 saturated heterocycles. The topological polar surface area (TPSA) is 77.2 Å². The zero-order valence-corrected chi connectivity index (χ0v) is 14.5. The first-order valence-electron chi connectivity index (χ1n) is 7.95. The van der Waals surface area contributed by atoms with Gasteiger partial charge < -0.3 is 4.52 Å². The zero-order valence-electron chi connectivity index (χ0n) is 13.7. The molecule has 0 aliphatic heterocycles. The van der Waals surface area contributed by atoms with Gasteiger partial charge in [0.15, 0.2) is 11.5 Å². The summed E-state index contributed by atoms with van der Waals surface area (Å²) in [6, 6.07) is 0. The van der Waals surface area contributed by atoms with Crippen molar-refractivity contribution in [3.8, 4) is 0 Å². The standard InChI is InChI=1S/C17H21NO4S/c1-4-6-7-23-13-9-12(20)17-14(16(13)21)15(18-22-17)11(19)8-10(3)5-2/h9-10H,4-8H2,1-3H3. The Kier molecular flexibility index (Phi) is 5.93. The van der Waals surface area contributed by atoms with Gasteiger partial charge in [-0.25, -0.2) is 0 Å². The van der Waals surface area contributed by atoms with Crippen molar-refractivity contribution in [3.05, 3.63) is 28.0 Å². The van der Waals surface area contributed by atoms with Crippen molar-refractivity contribution in [2.24, 2.45) is 5.92 Å². The van der Waals surface area contributed by atoms with Crippen molar-refractivity contribution in [2.75, 3.05) is 5.75 Å². The molecule has 0 spiro atoms. The van der Waals surface area contributed by atoms with E-state index in [1.165, 1.54) is 17.8 Å². The van der Waals surface area contributed by atoms with Gasteiger partial charge in [-0.3, -0.25) is 14.4 Å². The Morgan fingerprint density at radius 2 is 2.09 bits per heavy atom. The van der Waals surface area contributed by atoms with Gasteiger partial charge in [-0.05, 0) is 18.1 Å². The van der Waals surface area contributed by atoms with Crippen molar-refractivity contribution in [1.82, 2.24) is 5.16 Å². The van der Waals surface area contributed by atoms with Crippen LogP contribution in [0.2, 0.25) is 0 Å². The molecule has 2 rings (SSSR count). The lowest BCUT2D eigenvalue weighted by Crippen LogP contribution is -2.18. The Balaban J connectivity index is 2.26. The largest absolute Gasteiger partial charge is 0.351 e. The molecule has 1 aromatic heterocycles. The fourth-order valence-electron chi connectivity index (χ4n) is 2.22. The predicted molar refractivity (Wildman–Crippen MR) is 89.0 cm³/mol. The maximum atomic E-state index is 12.6. The SMILES string of the molecule is CCCCSC1=CC(=O)c2onc(C(=O)CC(C)CC)c2C1=O. The third kappa shape index (κ3) is 3.80. The van der Waals surface area contributed by atoms with E-state index in [0.717, 1.165) is 25.0 Å². The second kappa shape index (κ2) is 7.73. The number of Topliss-reactive ketones (excluding diaryl/α,β-unsaturated/α-hetero) is 2. The smallest absolute Gasteiger partial charge is 0.225 e. The minimum atomic E-state index is -0.395. The molecule has 0 N–H and O–H groups in total. The predicted octanol–water partition coefficient (Wildman–Crippen LogP) is 4.09. The summed E-state index contributed by atoms with van der Waals surface area (Å²) in [6.45, 7) is 6.02. The van der Waals surface area contributed by atoms with Crippen LogP contribution in [0.25, 0.3) is 0 Å². The number of hydrogen-bond donors (Lipinski definition) is 0. The number of hydrogen-bond acceptors (Lipinski definition) is 6. The molecule has 1 unspecified atom stereocenters. The molecule has 1 aliphatic rings. The van der Waals surface area contributed by atoms with Crippen LogP contribution >= 0.6 is 11.8 Å². The van der Waals surface area contributed by atoms with Crippen LogP contribution in [0.1, 0.15) is 77.9 Å². The van der Waals surface area contributed by atoms with Gasteiger partial charge in [0.05, 0.1) is 4.91 Å². The lowest BCUT2D eigenvalue weighted by molar-refractivity contribution is 0.0944. The Morgan fingerprint density at radius 3 is 2.74 bits per heavy atom. The maximum absolute atomic E-state index is 12.6. The van der Waals surface area contributed by atoms with Crippen molar-refractivity contribution in [1.29, 1.82) is 0 Å². The molecular formula is C17H21NO4S. The van der Waals surface area contributed by atoms with Crippen LogP contribution in [0.15, 0.2) is 15.5 Å². The number of thioether (sulfide) groups is 1. The van der Waals surface area contributed by atoms with Gasteiger partial charge in [0.2, 0.25) is 17.3 Å². The second-order valence-electron chi connectivity index (χ2n) is 5.78. The van der Waals surface area contributed by atoms with Gasteiger partial charge in [-0.2, -0.15) is 0 Å². The first kappa shape index (κ1) is 17.7. The molecule has 1 heterocycles. The highest BCUT2D eigenvalue weighted by Crippen LogP contribution is 2.31. The molecule has 23 heavy (non-hydrogen) atoms. The van der Waals surface area contributed by atoms with E-state index in [1.807, 2.05) is 13.8 Å². The molecule has 6 heteroatoms. The van der Waals surface area contributed by atoms with Crippen LogP contribution in [0.3, 0.4) is 0 Å². The van der Waals surface area contributed by atoms with Crippen molar-refractivity contribution < 1.29 is 18.9 Å². The monoisotopic (exact) mass is 335 g/mol. The Labute approximate surface area is 139 Å². The first-order chi connectivity index (χ1) is 11.0. The number of aromatic nitrogens is 1. The number of carbonyl (C=O) groups excluding carboxylic acids is 3. The van der Waals surface area contributed by atoms with Crippen molar-refractivity contribution in [2.45, 2.75) is 46.5 Å². The Bertz CT molecular complexity index is 660. The normalized spacial score (nSPS) is 15.3. The third-order valence-corrected chi connectivity index (χ3v) is 4.99. The number of nitrogens with zero attached hydrogens (tertiary/aromatic N) is 1. The Morgan fingerprint density at radius 1 is 1.35 bits per heavy atom. The highest BCUT2D eigenvalue weighted by molar-refractivity contribution is 8.04. The molecule has 0 saturated carbocycles. The summed E-state index contributed by atoms with van der Waals surface area (Å²) < 4.78 is 4.99. The van der Waals surface area contributed by atoms with Crippen molar-refractivity contribution in [3.63, 3.8) is 0 Å². The minimum absolute atomic E-state index is 0.000316. The van der Waals surface area contributed by atoms with Gasteiger partial charge >= 0.3 is 0 Å². The summed E-state index contributed by atoms with van der Waals surface area (Å²) in [4.78, 5) is 37.4. The summed E-state index contributed by atoms with van der Waals surface area (Å²) >= 11 is 1.35. The van der Waals surface area contributed by atoms with E-state index in [1.54, 1.807) is 0 Å². The number of ketones is 3. The number of unbranched alkanes of at least 4 members (excludes halogenated alkanes) is 1. The highest BCUT2D eigenvalue weighted by atomic mass is 32.2. The molecule has 0 bridgehead atoms. The van der Waals surface area contributed by atoms with Crippen LogP contribution in [0, 0.1) is 5.92 Å². The van der Waals surface area contributed by atoms with Gasteiger partial charge in [0.25, 0.3) is 0 Å². The van der Waals surface area contributed by atoms with E-state index in [9.17, 15) is 14.4 Å². The summed E-state index contributed by atoms with van der Waals surface area (Å²) in [6.07, 6.45) is 4.41. The molecule has 124 valence electrons. The molecule has 0 fully saturated rings. The lowest BCUT2D eigenvalue weighted by Gasteiger charge is -2.11. The molecule has 0 radical (unpaired) electrons. The number of fused-ring (bicyclic) bond motifs is 1. The number of allylic oxidation sites excluding steroid dienone is 2. The minimum Gasteiger partial charge on any atom is -0.351 e. The molecular weight excluding hydrogens is 314 g/mol. The zero-order chi connectivity index (χ0) is 17.0. The number of carbonyl (C=O) groups is 3. The van der Waals surface area contributed by atoms with Gasteiger partial charge in [-0.15, -0.1) is 11.8 Å². The van der Waals surface area contributed by atoms with Crippen LogP contribution in [0.4, 0.5) is 0 Å². The molecule has 0 amide bonds. The van der Waals surface area contributed by atoms with E-state index >= 15 is 0 Å². The van der Waals surface area contributed by atoms with E-state index < -0.39 is 5.78 Å². The van der Waals surface area contributed by atoms with E-state index in [0.29, 0.717) is 11.3 Å². The molecule has 1 aliphatic carbocycles. The third-order valence-electron chi connectivity index (χ3n) is 3.88. The average Bonchev–Trinajstić information content (AvgIpc) is 2.98. The molecule has 1 aromatic rings. The first-order valence-corrected chi connectivity index (χ1v) is 8.94.